The summed E-state index contributed by atoms with van der Waals surface area (Å²) >= 11 is 1.83. The zero-order valence-corrected chi connectivity index (χ0v) is 18.6. The first-order chi connectivity index (χ1) is 15.0. The van der Waals surface area contributed by atoms with Gasteiger partial charge in [-0.15, -0.1) is 11.8 Å². The van der Waals surface area contributed by atoms with Crippen molar-refractivity contribution < 1.29 is 4.52 Å². The summed E-state index contributed by atoms with van der Waals surface area (Å²) in [6, 6.07) is 18.3. The van der Waals surface area contributed by atoms with Gasteiger partial charge in [0, 0.05) is 33.9 Å². The van der Waals surface area contributed by atoms with E-state index in [1.165, 1.54) is 10.5 Å². The van der Waals surface area contributed by atoms with E-state index in [0.29, 0.717) is 22.5 Å². The summed E-state index contributed by atoms with van der Waals surface area (Å²) in [4.78, 5) is 10.3. The molecule has 7 heteroatoms. The highest BCUT2D eigenvalue weighted by Crippen LogP contribution is 2.31. The molecule has 2 aromatic carbocycles. The molecule has 0 spiro atoms. The number of anilines is 1. The third-order valence-corrected chi connectivity index (χ3v) is 5.71. The SMILES string of the molecule is CNCc1ccc(-c2cc(-c3nc(-c4ccc(SC(C)C)cc4)cnc3N)on2)cc1. The predicted octanol–water partition coefficient (Wildman–Crippen LogP) is 5.27. The van der Waals surface area contributed by atoms with Crippen LogP contribution >= 0.6 is 11.8 Å². The highest BCUT2D eigenvalue weighted by molar-refractivity contribution is 7.99. The lowest BCUT2D eigenvalue weighted by molar-refractivity contribution is 0.434. The van der Waals surface area contributed by atoms with E-state index in [9.17, 15) is 0 Å². The molecule has 6 nitrogen and oxygen atoms in total. The van der Waals surface area contributed by atoms with Gasteiger partial charge in [-0.2, -0.15) is 0 Å². The highest BCUT2D eigenvalue weighted by Gasteiger charge is 2.15. The van der Waals surface area contributed by atoms with Crippen molar-refractivity contribution in [2.45, 2.75) is 30.5 Å². The first-order valence-electron chi connectivity index (χ1n) is 10.1. The standard InChI is InChI=1S/C24H25N5OS/c1-15(2)31-19-10-8-18(9-11-19)21-14-27-24(25)23(28-21)22-12-20(29-30-22)17-6-4-16(5-7-17)13-26-3/h4-12,14-15,26H,13H2,1-3H3,(H2,25,27). The zero-order valence-electron chi connectivity index (χ0n) is 17.8. The van der Waals surface area contributed by atoms with Crippen LogP contribution in [0.5, 0.6) is 0 Å². The molecule has 0 amide bonds. The monoisotopic (exact) mass is 431 g/mol. The van der Waals surface area contributed by atoms with Crippen LogP contribution in [-0.4, -0.2) is 27.4 Å². The number of nitrogens with two attached hydrogens (primary N) is 1. The molecule has 0 saturated heterocycles. The van der Waals surface area contributed by atoms with Gasteiger partial charge in [-0.1, -0.05) is 55.4 Å². The Morgan fingerprint density at radius 2 is 1.68 bits per heavy atom. The van der Waals surface area contributed by atoms with E-state index >= 15 is 0 Å². The van der Waals surface area contributed by atoms with Crippen molar-refractivity contribution in [1.29, 1.82) is 0 Å². The minimum absolute atomic E-state index is 0.308. The Morgan fingerprint density at radius 3 is 2.35 bits per heavy atom. The molecule has 4 rings (SSSR count). The number of nitrogen functional groups attached to an aromatic ring is 1. The summed E-state index contributed by atoms with van der Waals surface area (Å²) < 4.78 is 5.57. The Morgan fingerprint density at radius 1 is 1.00 bits per heavy atom. The smallest absolute Gasteiger partial charge is 0.189 e. The molecule has 3 N–H and O–H groups in total. The Hall–Kier alpha value is -3.16. The molecular weight excluding hydrogens is 406 g/mol. The molecule has 0 saturated carbocycles. The topological polar surface area (TPSA) is 89.9 Å². The molecule has 0 aliphatic heterocycles. The Kier molecular flexibility index (Phi) is 6.34. The fraction of sp³-hybridized carbons (Fsp3) is 0.208. The van der Waals surface area contributed by atoms with Crippen molar-refractivity contribution in [2.24, 2.45) is 0 Å². The second-order valence-electron chi connectivity index (χ2n) is 7.48. The summed E-state index contributed by atoms with van der Waals surface area (Å²) in [5.41, 5.74) is 11.2. The number of nitrogens with one attached hydrogen (secondary N) is 1. The van der Waals surface area contributed by atoms with Crippen LogP contribution in [-0.2, 0) is 6.54 Å². The van der Waals surface area contributed by atoms with Crippen molar-refractivity contribution in [3.05, 3.63) is 66.4 Å². The molecule has 2 aromatic heterocycles. The average molecular weight is 432 g/mol. The minimum atomic E-state index is 0.308. The predicted molar refractivity (Wildman–Crippen MR) is 127 cm³/mol. The maximum absolute atomic E-state index is 6.11. The van der Waals surface area contributed by atoms with Gasteiger partial charge in [-0.05, 0) is 24.7 Å². The summed E-state index contributed by atoms with van der Waals surface area (Å²) in [6.45, 7) is 5.18. The molecular formula is C24H25N5OS. The van der Waals surface area contributed by atoms with Gasteiger partial charge < -0.3 is 15.6 Å². The molecule has 0 unspecified atom stereocenters. The van der Waals surface area contributed by atoms with E-state index in [2.05, 4.69) is 53.6 Å². The van der Waals surface area contributed by atoms with Crippen LogP contribution in [0.4, 0.5) is 5.82 Å². The largest absolute Gasteiger partial charge is 0.382 e. The van der Waals surface area contributed by atoms with Gasteiger partial charge >= 0.3 is 0 Å². The maximum Gasteiger partial charge on any atom is 0.189 e. The van der Waals surface area contributed by atoms with Crippen molar-refractivity contribution in [3.63, 3.8) is 0 Å². The lowest BCUT2D eigenvalue weighted by Crippen LogP contribution is -2.04. The van der Waals surface area contributed by atoms with Crippen molar-refractivity contribution in [1.82, 2.24) is 20.4 Å². The minimum Gasteiger partial charge on any atom is -0.382 e. The molecule has 0 radical (unpaired) electrons. The van der Waals surface area contributed by atoms with E-state index in [-0.39, 0.29) is 0 Å². The highest BCUT2D eigenvalue weighted by atomic mass is 32.2. The normalized spacial score (nSPS) is 11.2. The van der Waals surface area contributed by atoms with Crippen LogP contribution in [0.2, 0.25) is 0 Å². The summed E-state index contributed by atoms with van der Waals surface area (Å²) in [6.07, 6.45) is 1.68. The molecule has 0 bridgehead atoms. The van der Waals surface area contributed by atoms with Gasteiger partial charge in [0.25, 0.3) is 0 Å². The van der Waals surface area contributed by atoms with E-state index in [0.717, 1.165) is 29.1 Å². The van der Waals surface area contributed by atoms with E-state index < -0.39 is 0 Å². The maximum atomic E-state index is 6.11. The van der Waals surface area contributed by atoms with Crippen LogP contribution in [0.15, 0.2) is 70.2 Å². The number of thioether (sulfide) groups is 1. The van der Waals surface area contributed by atoms with Crippen molar-refractivity contribution in [2.75, 3.05) is 12.8 Å². The Bertz CT molecular complexity index is 1150. The van der Waals surface area contributed by atoms with E-state index in [1.807, 2.05) is 49.1 Å². The molecule has 0 atom stereocenters. The van der Waals surface area contributed by atoms with Crippen molar-refractivity contribution >= 4 is 17.6 Å². The fourth-order valence-corrected chi connectivity index (χ4v) is 4.05. The molecule has 4 aromatic rings. The zero-order chi connectivity index (χ0) is 21.8. The molecule has 2 heterocycles. The molecule has 0 fully saturated rings. The number of hydrogen-bond donors (Lipinski definition) is 2. The first-order valence-corrected chi connectivity index (χ1v) is 11.0. The van der Waals surface area contributed by atoms with Gasteiger partial charge in [0.1, 0.15) is 5.69 Å². The van der Waals surface area contributed by atoms with Crippen LogP contribution in [0, 0.1) is 0 Å². The van der Waals surface area contributed by atoms with Gasteiger partial charge in [0.2, 0.25) is 0 Å². The van der Waals surface area contributed by atoms with Gasteiger partial charge in [-0.25, -0.2) is 9.97 Å². The summed E-state index contributed by atoms with van der Waals surface area (Å²) in [5.74, 6) is 0.802. The van der Waals surface area contributed by atoms with E-state index in [1.54, 1.807) is 6.20 Å². The summed E-state index contributed by atoms with van der Waals surface area (Å²) in [5, 5.41) is 7.88. The third kappa shape index (κ3) is 4.95. The van der Waals surface area contributed by atoms with Gasteiger partial charge in [-0.3, -0.25) is 0 Å². The van der Waals surface area contributed by atoms with Gasteiger partial charge in [0.15, 0.2) is 17.3 Å². The lowest BCUT2D eigenvalue weighted by Gasteiger charge is -2.07. The second-order valence-corrected chi connectivity index (χ2v) is 9.13. The number of rotatable bonds is 7. The Labute approximate surface area is 186 Å². The molecule has 158 valence electrons. The average Bonchev–Trinajstić information content (AvgIpc) is 3.25. The quantitative estimate of drug-likeness (QED) is 0.385. The number of aromatic nitrogens is 3. The van der Waals surface area contributed by atoms with Crippen LogP contribution < -0.4 is 11.1 Å². The second kappa shape index (κ2) is 9.32. The lowest BCUT2D eigenvalue weighted by atomic mass is 10.1. The van der Waals surface area contributed by atoms with Crippen LogP contribution in [0.25, 0.3) is 34.0 Å². The van der Waals surface area contributed by atoms with Crippen molar-refractivity contribution in [3.8, 4) is 34.0 Å². The first kappa shape index (κ1) is 21.1. The molecule has 0 aliphatic rings. The molecule has 0 aliphatic carbocycles. The van der Waals surface area contributed by atoms with Crippen LogP contribution in [0.3, 0.4) is 0 Å². The number of nitrogens with zero attached hydrogens (tertiary/aromatic N) is 3. The Balaban J connectivity index is 1.60. The fourth-order valence-electron chi connectivity index (χ4n) is 3.22. The summed E-state index contributed by atoms with van der Waals surface area (Å²) in [7, 11) is 1.93. The molecule has 31 heavy (non-hydrogen) atoms. The number of hydrogen-bond acceptors (Lipinski definition) is 7. The third-order valence-electron chi connectivity index (χ3n) is 4.70. The van der Waals surface area contributed by atoms with Crippen LogP contribution in [0.1, 0.15) is 19.4 Å². The van der Waals surface area contributed by atoms with E-state index in [4.69, 9.17) is 15.2 Å². The number of benzene rings is 2. The van der Waals surface area contributed by atoms with Gasteiger partial charge in [0.05, 0.1) is 11.9 Å².